The summed E-state index contributed by atoms with van der Waals surface area (Å²) in [6, 6.07) is 6.75. The molecule has 0 aliphatic carbocycles. The van der Waals surface area contributed by atoms with Crippen molar-refractivity contribution in [1.82, 2.24) is 9.62 Å². The highest BCUT2D eigenvalue weighted by atomic mass is 32.2. The van der Waals surface area contributed by atoms with Crippen LogP contribution in [0.4, 0.5) is 0 Å². The summed E-state index contributed by atoms with van der Waals surface area (Å²) in [5, 5.41) is 0. The predicted molar refractivity (Wildman–Crippen MR) is 92.7 cm³/mol. The number of rotatable bonds is 9. The molecule has 0 unspecified atom stereocenters. The fourth-order valence-corrected chi connectivity index (χ4v) is 3.39. The first kappa shape index (κ1) is 19.6. The molecule has 0 saturated heterocycles. The molecule has 1 N–H and O–H groups in total. The van der Waals surface area contributed by atoms with Gasteiger partial charge < -0.3 is 4.90 Å². The molecule has 0 bridgehead atoms. The van der Waals surface area contributed by atoms with E-state index in [4.69, 9.17) is 0 Å². The Kier molecular flexibility index (Phi) is 7.72. The molecule has 0 aliphatic heterocycles. The second-order valence-electron chi connectivity index (χ2n) is 5.96. The lowest BCUT2D eigenvalue weighted by atomic mass is 10.1. The molecule has 6 heteroatoms. The minimum absolute atomic E-state index is 0.130. The van der Waals surface area contributed by atoms with Gasteiger partial charge >= 0.3 is 0 Å². The Morgan fingerprint density at radius 3 is 2.17 bits per heavy atom. The third-order valence-electron chi connectivity index (χ3n) is 3.66. The maximum Gasteiger partial charge on any atom is 0.240 e. The van der Waals surface area contributed by atoms with Crippen molar-refractivity contribution in [1.29, 1.82) is 0 Å². The summed E-state index contributed by atoms with van der Waals surface area (Å²) in [4.78, 5) is 14.0. The van der Waals surface area contributed by atoms with Gasteiger partial charge in [0, 0.05) is 26.1 Å². The minimum atomic E-state index is -3.45. The van der Waals surface area contributed by atoms with Crippen LogP contribution >= 0.6 is 0 Å². The molecule has 0 atom stereocenters. The van der Waals surface area contributed by atoms with Crippen LogP contribution in [0.15, 0.2) is 29.2 Å². The molecule has 0 saturated carbocycles. The molecule has 0 heterocycles. The third-order valence-corrected chi connectivity index (χ3v) is 5.10. The number of carbonyl (C=O) groups excluding carboxylic acids is 1. The van der Waals surface area contributed by atoms with Crippen LogP contribution < -0.4 is 4.72 Å². The number of aryl methyl sites for hydroxylation is 1. The van der Waals surface area contributed by atoms with E-state index in [0.29, 0.717) is 32.5 Å². The van der Waals surface area contributed by atoms with Gasteiger partial charge in [0.2, 0.25) is 15.9 Å². The molecule has 0 aliphatic rings. The second-order valence-corrected chi connectivity index (χ2v) is 7.72. The second kappa shape index (κ2) is 9.03. The van der Waals surface area contributed by atoms with Gasteiger partial charge in [-0.2, -0.15) is 0 Å². The van der Waals surface area contributed by atoms with E-state index in [1.807, 2.05) is 27.7 Å². The van der Waals surface area contributed by atoms with Crippen molar-refractivity contribution in [3.05, 3.63) is 29.8 Å². The quantitative estimate of drug-likeness (QED) is 0.751. The highest BCUT2D eigenvalue weighted by molar-refractivity contribution is 7.89. The summed E-state index contributed by atoms with van der Waals surface area (Å²) in [7, 11) is -3.45. The number of carbonyl (C=O) groups is 1. The molecular formula is C17H28N2O3S. The van der Waals surface area contributed by atoms with Crippen LogP contribution in [-0.4, -0.2) is 38.9 Å². The molecule has 5 nitrogen and oxygen atoms in total. The Morgan fingerprint density at radius 1 is 1.13 bits per heavy atom. The standard InChI is InChI=1S/C17H28N2O3S/c1-5-19(6-2)17(20)12-9-15-7-10-16(11-8-15)23(21,22)18-13-14(3)4/h7-8,10-11,14,18H,5-6,9,12-13H2,1-4H3. The average Bonchev–Trinajstić information content (AvgIpc) is 2.52. The molecule has 0 fully saturated rings. The summed E-state index contributed by atoms with van der Waals surface area (Å²) >= 11 is 0. The number of nitrogens with one attached hydrogen (secondary N) is 1. The molecular weight excluding hydrogens is 312 g/mol. The Balaban J connectivity index is 2.65. The van der Waals surface area contributed by atoms with Crippen LogP contribution in [0.1, 0.15) is 39.7 Å². The highest BCUT2D eigenvalue weighted by Gasteiger charge is 2.14. The van der Waals surface area contributed by atoms with E-state index in [9.17, 15) is 13.2 Å². The van der Waals surface area contributed by atoms with Crippen molar-refractivity contribution in [2.45, 2.75) is 45.4 Å². The number of hydrogen-bond donors (Lipinski definition) is 1. The molecule has 0 radical (unpaired) electrons. The van der Waals surface area contributed by atoms with Crippen molar-refractivity contribution >= 4 is 15.9 Å². The fourth-order valence-electron chi connectivity index (χ4n) is 2.18. The Hall–Kier alpha value is -1.40. The van der Waals surface area contributed by atoms with Gasteiger partial charge in [0.15, 0.2) is 0 Å². The van der Waals surface area contributed by atoms with Crippen LogP contribution in [0.5, 0.6) is 0 Å². The average molecular weight is 340 g/mol. The fraction of sp³-hybridized carbons (Fsp3) is 0.588. The highest BCUT2D eigenvalue weighted by Crippen LogP contribution is 2.12. The first-order chi connectivity index (χ1) is 10.8. The monoisotopic (exact) mass is 340 g/mol. The normalized spacial score (nSPS) is 11.7. The first-order valence-electron chi connectivity index (χ1n) is 8.16. The number of sulfonamides is 1. The Labute approximate surface area is 140 Å². The molecule has 130 valence electrons. The van der Waals surface area contributed by atoms with Gasteiger partial charge in [-0.3, -0.25) is 4.79 Å². The van der Waals surface area contributed by atoms with Crippen LogP contribution in [0.25, 0.3) is 0 Å². The van der Waals surface area contributed by atoms with E-state index in [0.717, 1.165) is 5.56 Å². The van der Waals surface area contributed by atoms with Gasteiger partial charge in [-0.1, -0.05) is 26.0 Å². The van der Waals surface area contributed by atoms with E-state index in [1.54, 1.807) is 29.2 Å². The molecule has 0 spiro atoms. The van der Waals surface area contributed by atoms with Gasteiger partial charge in [-0.25, -0.2) is 13.1 Å². The Bertz CT molecular complexity index is 591. The lowest BCUT2D eigenvalue weighted by molar-refractivity contribution is -0.130. The van der Waals surface area contributed by atoms with E-state index >= 15 is 0 Å². The first-order valence-corrected chi connectivity index (χ1v) is 9.64. The van der Waals surface area contributed by atoms with Gasteiger partial charge in [0.05, 0.1) is 4.90 Å². The summed E-state index contributed by atoms with van der Waals surface area (Å²) in [6.45, 7) is 9.69. The molecule has 1 aromatic rings. The van der Waals surface area contributed by atoms with Crippen LogP contribution in [-0.2, 0) is 21.2 Å². The van der Waals surface area contributed by atoms with E-state index in [2.05, 4.69) is 4.72 Å². The van der Waals surface area contributed by atoms with Crippen molar-refractivity contribution in [3.63, 3.8) is 0 Å². The van der Waals surface area contributed by atoms with Crippen LogP contribution in [0.2, 0.25) is 0 Å². The van der Waals surface area contributed by atoms with Crippen LogP contribution in [0.3, 0.4) is 0 Å². The summed E-state index contributed by atoms with van der Waals surface area (Å²) < 4.78 is 26.8. The van der Waals surface area contributed by atoms with Gasteiger partial charge in [0.1, 0.15) is 0 Å². The van der Waals surface area contributed by atoms with Gasteiger partial charge in [-0.05, 0) is 43.9 Å². The summed E-state index contributed by atoms with van der Waals surface area (Å²) in [6.07, 6.45) is 1.06. The number of benzene rings is 1. The maximum atomic E-state index is 12.1. The van der Waals surface area contributed by atoms with Crippen molar-refractivity contribution in [2.24, 2.45) is 5.92 Å². The van der Waals surface area contributed by atoms with E-state index < -0.39 is 10.0 Å². The predicted octanol–water partition coefficient (Wildman–Crippen LogP) is 2.42. The SMILES string of the molecule is CCN(CC)C(=O)CCc1ccc(S(=O)(=O)NCC(C)C)cc1. The zero-order chi connectivity index (χ0) is 17.5. The lowest BCUT2D eigenvalue weighted by Gasteiger charge is -2.18. The van der Waals surface area contributed by atoms with Crippen LogP contribution in [0, 0.1) is 5.92 Å². The van der Waals surface area contributed by atoms with Crippen molar-refractivity contribution in [3.8, 4) is 0 Å². The largest absolute Gasteiger partial charge is 0.343 e. The molecule has 1 aromatic carbocycles. The number of amides is 1. The summed E-state index contributed by atoms with van der Waals surface area (Å²) in [5.41, 5.74) is 0.966. The smallest absolute Gasteiger partial charge is 0.240 e. The van der Waals surface area contributed by atoms with Gasteiger partial charge in [0.25, 0.3) is 0 Å². The Morgan fingerprint density at radius 2 is 1.70 bits per heavy atom. The topological polar surface area (TPSA) is 66.5 Å². The van der Waals surface area contributed by atoms with Crippen molar-refractivity contribution < 1.29 is 13.2 Å². The molecule has 1 amide bonds. The molecule has 0 aromatic heterocycles. The molecule has 1 rings (SSSR count). The minimum Gasteiger partial charge on any atom is -0.343 e. The zero-order valence-electron chi connectivity index (χ0n) is 14.5. The third kappa shape index (κ3) is 6.31. The molecule has 23 heavy (non-hydrogen) atoms. The maximum absolute atomic E-state index is 12.1. The van der Waals surface area contributed by atoms with E-state index in [-0.39, 0.29) is 16.7 Å². The lowest BCUT2D eigenvalue weighted by Crippen LogP contribution is -2.30. The zero-order valence-corrected chi connectivity index (χ0v) is 15.3. The summed E-state index contributed by atoms with van der Waals surface area (Å²) in [5.74, 6) is 0.389. The van der Waals surface area contributed by atoms with E-state index in [1.165, 1.54) is 0 Å². The number of nitrogens with zero attached hydrogens (tertiary/aromatic N) is 1. The van der Waals surface area contributed by atoms with Crippen molar-refractivity contribution in [2.75, 3.05) is 19.6 Å². The van der Waals surface area contributed by atoms with Gasteiger partial charge in [-0.15, -0.1) is 0 Å². The number of hydrogen-bond acceptors (Lipinski definition) is 3.